The minimum absolute atomic E-state index is 0.195. The predicted octanol–water partition coefficient (Wildman–Crippen LogP) is 3.64. The van der Waals surface area contributed by atoms with Crippen molar-refractivity contribution >= 4 is 17.7 Å². The van der Waals surface area contributed by atoms with E-state index in [0.717, 1.165) is 5.56 Å². The molecular weight excluding hydrogens is 334 g/mol. The summed E-state index contributed by atoms with van der Waals surface area (Å²) in [5, 5.41) is 2.78. The number of benzene rings is 2. The fourth-order valence-electron chi connectivity index (χ4n) is 2.39. The number of carbonyl (C=O) groups excluding carboxylic acids is 1. The summed E-state index contributed by atoms with van der Waals surface area (Å²) in [5.41, 5.74) is 1.45. The number of rotatable bonds is 7. The van der Waals surface area contributed by atoms with Gasteiger partial charge in [0.15, 0.2) is 23.0 Å². The molecule has 0 saturated heterocycles. The molecule has 1 N–H and O–H groups in total. The van der Waals surface area contributed by atoms with Gasteiger partial charge in [0.2, 0.25) is 12.7 Å². The molecule has 0 spiro atoms. The molecule has 1 aliphatic heterocycles. The lowest BCUT2D eigenvalue weighted by Gasteiger charge is -2.09. The highest BCUT2D eigenvalue weighted by Gasteiger charge is 2.13. The number of fused-ring (bicyclic) bond motifs is 1. The van der Waals surface area contributed by atoms with Crippen molar-refractivity contribution in [1.82, 2.24) is 0 Å². The van der Waals surface area contributed by atoms with Crippen LogP contribution in [-0.2, 0) is 4.79 Å². The van der Waals surface area contributed by atoms with Gasteiger partial charge in [0.25, 0.3) is 0 Å². The zero-order chi connectivity index (χ0) is 18.4. The number of amides is 1. The van der Waals surface area contributed by atoms with Crippen molar-refractivity contribution in [3.05, 3.63) is 60.7 Å². The minimum Gasteiger partial charge on any atom is -0.493 e. The molecule has 0 atom stereocenters. The van der Waals surface area contributed by atoms with Crippen molar-refractivity contribution in [1.29, 1.82) is 0 Å². The summed E-state index contributed by atoms with van der Waals surface area (Å²) < 4.78 is 21.3. The van der Waals surface area contributed by atoms with Crippen molar-refractivity contribution < 1.29 is 23.7 Å². The van der Waals surface area contributed by atoms with E-state index >= 15 is 0 Å². The SMILES string of the molecule is C=CCOc1ccc(/C=C/C(=O)Nc2ccc3c(c2)OCO3)cc1OC. The maximum atomic E-state index is 12.1. The van der Waals surface area contributed by atoms with Gasteiger partial charge in [-0.3, -0.25) is 4.79 Å². The molecule has 6 nitrogen and oxygen atoms in total. The molecule has 0 aromatic heterocycles. The van der Waals surface area contributed by atoms with E-state index < -0.39 is 0 Å². The van der Waals surface area contributed by atoms with Crippen LogP contribution in [0.3, 0.4) is 0 Å². The Labute approximate surface area is 151 Å². The van der Waals surface area contributed by atoms with Crippen molar-refractivity contribution in [2.24, 2.45) is 0 Å². The van der Waals surface area contributed by atoms with Crippen molar-refractivity contribution in [3.8, 4) is 23.0 Å². The lowest BCUT2D eigenvalue weighted by atomic mass is 10.2. The molecule has 1 heterocycles. The van der Waals surface area contributed by atoms with Gasteiger partial charge in [-0.1, -0.05) is 18.7 Å². The maximum Gasteiger partial charge on any atom is 0.248 e. The van der Waals surface area contributed by atoms with Gasteiger partial charge in [0.05, 0.1) is 7.11 Å². The fourth-order valence-corrected chi connectivity index (χ4v) is 2.39. The quantitative estimate of drug-likeness (QED) is 0.608. The van der Waals surface area contributed by atoms with Gasteiger partial charge >= 0.3 is 0 Å². The minimum atomic E-state index is -0.255. The monoisotopic (exact) mass is 353 g/mol. The van der Waals surface area contributed by atoms with Gasteiger partial charge in [0.1, 0.15) is 6.61 Å². The molecule has 26 heavy (non-hydrogen) atoms. The molecule has 6 heteroatoms. The van der Waals surface area contributed by atoms with Gasteiger partial charge in [-0.2, -0.15) is 0 Å². The van der Waals surface area contributed by atoms with Gasteiger partial charge in [-0.15, -0.1) is 0 Å². The maximum absolute atomic E-state index is 12.1. The van der Waals surface area contributed by atoms with E-state index in [1.54, 1.807) is 49.6 Å². The van der Waals surface area contributed by atoms with Crippen LogP contribution in [-0.4, -0.2) is 26.4 Å². The smallest absolute Gasteiger partial charge is 0.248 e. The highest BCUT2D eigenvalue weighted by atomic mass is 16.7. The zero-order valence-electron chi connectivity index (χ0n) is 14.4. The third kappa shape index (κ3) is 4.16. The van der Waals surface area contributed by atoms with Crippen LogP contribution in [0.5, 0.6) is 23.0 Å². The molecular formula is C20H19NO5. The normalized spacial score (nSPS) is 12.0. The number of methoxy groups -OCH3 is 1. The number of hydrogen-bond donors (Lipinski definition) is 1. The second kappa shape index (κ2) is 8.11. The summed E-state index contributed by atoms with van der Waals surface area (Å²) in [6, 6.07) is 10.7. The van der Waals surface area contributed by atoms with Crippen LogP contribution in [0, 0.1) is 0 Å². The molecule has 2 aromatic carbocycles. The fraction of sp³-hybridized carbons (Fsp3) is 0.150. The topological polar surface area (TPSA) is 66.0 Å². The molecule has 1 aliphatic rings. The predicted molar refractivity (Wildman–Crippen MR) is 98.9 cm³/mol. The first-order valence-corrected chi connectivity index (χ1v) is 8.00. The molecule has 1 amide bonds. The summed E-state index contributed by atoms with van der Waals surface area (Å²) in [7, 11) is 1.57. The summed E-state index contributed by atoms with van der Waals surface area (Å²) >= 11 is 0. The third-order valence-electron chi connectivity index (χ3n) is 3.61. The molecule has 0 aliphatic carbocycles. The van der Waals surface area contributed by atoms with E-state index in [1.165, 1.54) is 6.08 Å². The standard InChI is InChI=1S/C20H19NO5/c1-3-10-24-16-7-4-14(11-18(16)23-2)5-9-20(22)21-15-6-8-17-19(12-15)26-13-25-17/h3-9,11-12H,1,10,13H2,2H3,(H,21,22)/b9-5+. The molecule has 0 radical (unpaired) electrons. The Balaban J connectivity index is 1.65. The molecule has 0 unspecified atom stereocenters. The number of nitrogens with one attached hydrogen (secondary N) is 1. The van der Waals surface area contributed by atoms with Crippen LogP contribution >= 0.6 is 0 Å². The summed E-state index contributed by atoms with van der Waals surface area (Å²) in [5.74, 6) is 2.24. The number of anilines is 1. The lowest BCUT2D eigenvalue weighted by Crippen LogP contribution is -2.07. The van der Waals surface area contributed by atoms with Crippen LogP contribution in [0.25, 0.3) is 6.08 Å². The molecule has 2 aromatic rings. The van der Waals surface area contributed by atoms with Crippen molar-refractivity contribution in [2.45, 2.75) is 0 Å². The van der Waals surface area contributed by atoms with E-state index in [0.29, 0.717) is 35.3 Å². The Morgan fingerprint density at radius 2 is 2.04 bits per heavy atom. The molecule has 0 saturated carbocycles. The highest BCUT2D eigenvalue weighted by Crippen LogP contribution is 2.34. The molecule has 3 rings (SSSR count). The summed E-state index contributed by atoms with van der Waals surface area (Å²) in [6.07, 6.45) is 4.81. The highest BCUT2D eigenvalue weighted by molar-refractivity contribution is 6.02. The Hall–Kier alpha value is -3.41. The van der Waals surface area contributed by atoms with Crippen LogP contribution in [0.4, 0.5) is 5.69 Å². The second-order valence-electron chi connectivity index (χ2n) is 5.40. The largest absolute Gasteiger partial charge is 0.493 e. The Morgan fingerprint density at radius 3 is 2.85 bits per heavy atom. The first-order valence-electron chi connectivity index (χ1n) is 8.00. The number of carbonyl (C=O) groups is 1. The van der Waals surface area contributed by atoms with Crippen LogP contribution in [0.2, 0.25) is 0 Å². The van der Waals surface area contributed by atoms with Crippen LogP contribution < -0.4 is 24.3 Å². The Bertz CT molecular complexity index is 844. The Morgan fingerprint density at radius 1 is 1.19 bits per heavy atom. The van der Waals surface area contributed by atoms with E-state index in [9.17, 15) is 4.79 Å². The van der Waals surface area contributed by atoms with E-state index in [4.69, 9.17) is 18.9 Å². The average Bonchev–Trinajstić information content (AvgIpc) is 3.12. The summed E-state index contributed by atoms with van der Waals surface area (Å²) in [4.78, 5) is 12.1. The Kier molecular flexibility index (Phi) is 5.43. The van der Waals surface area contributed by atoms with Crippen molar-refractivity contribution in [2.75, 3.05) is 25.8 Å². The third-order valence-corrected chi connectivity index (χ3v) is 3.61. The van der Waals surface area contributed by atoms with E-state index in [1.807, 2.05) is 6.07 Å². The lowest BCUT2D eigenvalue weighted by molar-refractivity contribution is -0.111. The van der Waals surface area contributed by atoms with E-state index in [2.05, 4.69) is 11.9 Å². The van der Waals surface area contributed by atoms with Crippen LogP contribution in [0.15, 0.2) is 55.1 Å². The molecule has 134 valence electrons. The summed E-state index contributed by atoms with van der Waals surface area (Å²) in [6.45, 7) is 4.20. The first-order chi connectivity index (χ1) is 12.7. The van der Waals surface area contributed by atoms with Gasteiger partial charge in [0, 0.05) is 17.8 Å². The van der Waals surface area contributed by atoms with Gasteiger partial charge < -0.3 is 24.3 Å². The van der Waals surface area contributed by atoms with E-state index in [-0.39, 0.29) is 12.7 Å². The first kappa shape index (κ1) is 17.4. The van der Waals surface area contributed by atoms with Gasteiger partial charge in [-0.25, -0.2) is 0 Å². The average molecular weight is 353 g/mol. The van der Waals surface area contributed by atoms with Gasteiger partial charge in [-0.05, 0) is 35.9 Å². The second-order valence-corrected chi connectivity index (χ2v) is 5.40. The van der Waals surface area contributed by atoms with Crippen molar-refractivity contribution in [3.63, 3.8) is 0 Å². The molecule has 0 fully saturated rings. The number of ether oxygens (including phenoxy) is 4. The molecule has 0 bridgehead atoms. The van der Waals surface area contributed by atoms with Crippen LogP contribution in [0.1, 0.15) is 5.56 Å². The number of hydrogen-bond acceptors (Lipinski definition) is 5. The zero-order valence-corrected chi connectivity index (χ0v) is 14.4.